The van der Waals surface area contributed by atoms with E-state index in [-0.39, 0.29) is 23.1 Å². The van der Waals surface area contributed by atoms with Gasteiger partial charge in [0.1, 0.15) is 13.2 Å². The maximum atomic E-state index is 11.0. The van der Waals surface area contributed by atoms with Crippen LogP contribution in [0.1, 0.15) is 78.1 Å². The van der Waals surface area contributed by atoms with E-state index in [1.807, 2.05) is 0 Å². The topological polar surface area (TPSA) is 95.5 Å². The van der Waals surface area contributed by atoms with E-state index in [0.29, 0.717) is 12.8 Å². The normalized spacial score (nSPS) is 13.7. The molecule has 0 aliphatic carbocycles. The van der Waals surface area contributed by atoms with Gasteiger partial charge in [-0.15, -0.1) is 0 Å². The fraction of sp³-hybridized carbons (Fsp3) is 1.00. The van der Waals surface area contributed by atoms with Gasteiger partial charge in [0.15, 0.2) is 0 Å². The van der Waals surface area contributed by atoms with Crippen molar-refractivity contribution >= 4 is 0 Å². The summed E-state index contributed by atoms with van der Waals surface area (Å²) in [5, 5.41) is 22.0. The van der Waals surface area contributed by atoms with Crippen molar-refractivity contribution < 1.29 is 14.6 Å². The number of hydrogen-bond acceptors (Lipinski definition) is 5. The van der Waals surface area contributed by atoms with Gasteiger partial charge in [-0.25, -0.2) is 0 Å². The van der Waals surface area contributed by atoms with E-state index in [0.717, 1.165) is 51.4 Å². The quantitative estimate of drug-likeness (QED) is 0.239. The minimum atomic E-state index is -0.751. The molecule has 0 fully saturated rings. The van der Waals surface area contributed by atoms with E-state index in [4.69, 9.17) is 4.74 Å². The van der Waals surface area contributed by atoms with Crippen LogP contribution in [-0.4, -0.2) is 35.1 Å². The SMILES string of the molecule is CCCCCCC(COCC(CCCCCC)[N+](=O)[O-])[N+](=O)[O-]. The lowest BCUT2D eigenvalue weighted by Gasteiger charge is -2.12. The smallest absolute Gasteiger partial charge is 0.236 e. The molecule has 0 radical (unpaired) electrons. The third kappa shape index (κ3) is 11.9. The Labute approximate surface area is 139 Å². The highest BCUT2D eigenvalue weighted by Gasteiger charge is 2.24. The molecule has 0 heterocycles. The monoisotopic (exact) mass is 332 g/mol. The summed E-state index contributed by atoms with van der Waals surface area (Å²) >= 11 is 0. The Morgan fingerprint density at radius 1 is 0.739 bits per heavy atom. The van der Waals surface area contributed by atoms with E-state index in [2.05, 4.69) is 13.8 Å². The standard InChI is InChI=1S/C16H32N2O5/c1-3-5-7-9-11-15(17(19)20)13-23-14-16(18(21)22)12-10-8-6-4-2/h15-16H,3-14H2,1-2H3. The molecule has 0 aromatic rings. The van der Waals surface area contributed by atoms with Gasteiger partial charge < -0.3 is 4.74 Å². The molecule has 0 amide bonds. The molecule has 0 N–H and O–H groups in total. The molecule has 136 valence electrons. The first-order valence-corrected chi connectivity index (χ1v) is 8.87. The first-order valence-electron chi connectivity index (χ1n) is 8.87. The molecule has 0 aliphatic rings. The summed E-state index contributed by atoms with van der Waals surface area (Å²) < 4.78 is 5.31. The maximum absolute atomic E-state index is 11.0. The molecule has 0 saturated heterocycles. The van der Waals surface area contributed by atoms with Gasteiger partial charge in [0.25, 0.3) is 0 Å². The van der Waals surface area contributed by atoms with E-state index < -0.39 is 12.1 Å². The largest absolute Gasteiger partial charge is 0.367 e. The maximum Gasteiger partial charge on any atom is 0.236 e. The van der Waals surface area contributed by atoms with E-state index in [1.54, 1.807) is 0 Å². The van der Waals surface area contributed by atoms with Crippen molar-refractivity contribution in [1.29, 1.82) is 0 Å². The number of nitro groups is 2. The van der Waals surface area contributed by atoms with Gasteiger partial charge in [0.05, 0.1) is 0 Å². The van der Waals surface area contributed by atoms with Crippen LogP contribution in [0.2, 0.25) is 0 Å². The van der Waals surface area contributed by atoms with Crippen LogP contribution in [0.25, 0.3) is 0 Å². The molecule has 7 heteroatoms. The van der Waals surface area contributed by atoms with Gasteiger partial charge in [0.2, 0.25) is 12.1 Å². The van der Waals surface area contributed by atoms with Crippen molar-refractivity contribution in [3.63, 3.8) is 0 Å². The summed E-state index contributed by atoms with van der Waals surface area (Å²) in [6.45, 7) is 4.12. The highest BCUT2D eigenvalue weighted by atomic mass is 16.6. The average Bonchev–Trinajstić information content (AvgIpc) is 2.51. The molecule has 0 spiro atoms. The zero-order valence-electron chi connectivity index (χ0n) is 14.6. The zero-order valence-corrected chi connectivity index (χ0v) is 14.6. The second-order valence-corrected chi connectivity index (χ2v) is 6.11. The number of unbranched alkanes of at least 4 members (excludes halogenated alkanes) is 6. The number of hydrogen-bond donors (Lipinski definition) is 0. The fourth-order valence-corrected chi connectivity index (χ4v) is 2.45. The highest BCUT2D eigenvalue weighted by Crippen LogP contribution is 2.11. The molecular weight excluding hydrogens is 300 g/mol. The second kappa shape index (κ2) is 14.4. The molecular formula is C16H32N2O5. The summed E-state index contributed by atoms with van der Waals surface area (Å²) in [7, 11) is 0. The fourth-order valence-electron chi connectivity index (χ4n) is 2.45. The van der Waals surface area contributed by atoms with Crippen LogP contribution in [0, 0.1) is 20.2 Å². The Balaban J connectivity index is 4.05. The molecule has 0 saturated carbocycles. The van der Waals surface area contributed by atoms with Crippen molar-refractivity contribution in [3.8, 4) is 0 Å². The molecule has 0 aromatic carbocycles. The Hall–Kier alpha value is -1.24. The van der Waals surface area contributed by atoms with Gasteiger partial charge in [-0.3, -0.25) is 20.2 Å². The highest BCUT2D eigenvalue weighted by molar-refractivity contribution is 4.60. The van der Waals surface area contributed by atoms with Gasteiger partial charge in [0, 0.05) is 22.7 Å². The lowest BCUT2D eigenvalue weighted by Crippen LogP contribution is -2.30. The van der Waals surface area contributed by atoms with Gasteiger partial charge in [-0.1, -0.05) is 52.4 Å². The van der Waals surface area contributed by atoms with Crippen molar-refractivity contribution in [2.45, 2.75) is 90.1 Å². The summed E-state index contributed by atoms with van der Waals surface area (Å²) in [5.74, 6) is 0. The van der Waals surface area contributed by atoms with Crippen molar-refractivity contribution in [2.75, 3.05) is 13.2 Å². The van der Waals surface area contributed by atoms with Crippen molar-refractivity contribution in [2.24, 2.45) is 0 Å². The molecule has 7 nitrogen and oxygen atoms in total. The summed E-state index contributed by atoms with van der Waals surface area (Å²) in [6, 6.07) is -1.50. The lowest BCUT2D eigenvalue weighted by molar-refractivity contribution is -0.538. The average molecular weight is 332 g/mol. The van der Waals surface area contributed by atoms with Crippen molar-refractivity contribution in [3.05, 3.63) is 20.2 Å². The number of rotatable bonds is 16. The van der Waals surface area contributed by atoms with Crippen molar-refractivity contribution in [1.82, 2.24) is 0 Å². The van der Waals surface area contributed by atoms with Crippen LogP contribution in [0.15, 0.2) is 0 Å². The first-order chi connectivity index (χ1) is 11.0. The predicted octanol–water partition coefficient (Wildman–Crippen LogP) is 4.23. The van der Waals surface area contributed by atoms with Crippen LogP contribution >= 0.6 is 0 Å². The van der Waals surface area contributed by atoms with Crippen LogP contribution in [-0.2, 0) is 4.74 Å². The number of ether oxygens (including phenoxy) is 1. The third-order valence-corrected chi connectivity index (χ3v) is 4.00. The van der Waals surface area contributed by atoms with Crippen LogP contribution in [0.4, 0.5) is 0 Å². The number of nitrogens with zero attached hydrogens (tertiary/aromatic N) is 2. The minimum absolute atomic E-state index is 0.0293. The lowest BCUT2D eigenvalue weighted by atomic mass is 10.1. The summed E-state index contributed by atoms with van der Waals surface area (Å²) in [5.41, 5.74) is 0. The second-order valence-electron chi connectivity index (χ2n) is 6.11. The first kappa shape index (κ1) is 21.8. The van der Waals surface area contributed by atoms with E-state index in [1.165, 1.54) is 0 Å². The third-order valence-electron chi connectivity index (χ3n) is 4.00. The van der Waals surface area contributed by atoms with E-state index >= 15 is 0 Å². The van der Waals surface area contributed by atoms with Crippen LogP contribution < -0.4 is 0 Å². The van der Waals surface area contributed by atoms with Gasteiger partial charge in [-0.2, -0.15) is 0 Å². The predicted molar refractivity (Wildman–Crippen MR) is 89.9 cm³/mol. The Bertz CT molecular complexity index is 296. The summed E-state index contributed by atoms with van der Waals surface area (Å²) in [6.07, 6.45) is 8.85. The molecule has 0 rings (SSSR count). The Morgan fingerprint density at radius 2 is 1.13 bits per heavy atom. The van der Waals surface area contributed by atoms with Gasteiger partial charge in [-0.05, 0) is 12.8 Å². The molecule has 2 atom stereocenters. The van der Waals surface area contributed by atoms with Crippen LogP contribution in [0.5, 0.6) is 0 Å². The minimum Gasteiger partial charge on any atom is -0.367 e. The summed E-state index contributed by atoms with van der Waals surface area (Å²) in [4.78, 5) is 21.4. The Kier molecular flexibility index (Phi) is 13.6. The molecule has 0 aliphatic heterocycles. The van der Waals surface area contributed by atoms with E-state index in [9.17, 15) is 20.2 Å². The molecule has 23 heavy (non-hydrogen) atoms. The van der Waals surface area contributed by atoms with Gasteiger partial charge >= 0.3 is 0 Å². The molecule has 0 aromatic heterocycles. The van der Waals surface area contributed by atoms with Crippen LogP contribution in [0.3, 0.4) is 0 Å². The molecule has 0 bridgehead atoms. The Morgan fingerprint density at radius 3 is 1.43 bits per heavy atom. The molecule has 2 unspecified atom stereocenters. The zero-order chi connectivity index (χ0) is 17.5.